The third kappa shape index (κ3) is 8.67. The van der Waals surface area contributed by atoms with E-state index in [1.54, 1.807) is 6.07 Å². The molecule has 28 heavy (non-hydrogen) atoms. The summed E-state index contributed by atoms with van der Waals surface area (Å²) in [5.41, 5.74) is 1.47. The van der Waals surface area contributed by atoms with Gasteiger partial charge in [0.1, 0.15) is 11.5 Å². The summed E-state index contributed by atoms with van der Waals surface area (Å²) in [6.07, 6.45) is 13.6. The Morgan fingerprint density at radius 2 is 1.50 bits per heavy atom. The van der Waals surface area contributed by atoms with Crippen LogP contribution in [0.25, 0.3) is 0 Å². The van der Waals surface area contributed by atoms with Crippen molar-refractivity contribution in [1.82, 2.24) is 0 Å². The van der Waals surface area contributed by atoms with Crippen LogP contribution < -0.4 is 4.74 Å². The van der Waals surface area contributed by atoms with Gasteiger partial charge in [0, 0.05) is 12.0 Å². The van der Waals surface area contributed by atoms with Gasteiger partial charge in [0.15, 0.2) is 0 Å². The van der Waals surface area contributed by atoms with E-state index >= 15 is 0 Å². The molecule has 0 heterocycles. The number of rotatable bonds is 14. The molecule has 160 valence electrons. The maximum absolute atomic E-state index is 12.2. The van der Waals surface area contributed by atoms with Crippen molar-refractivity contribution in [2.45, 2.75) is 117 Å². The standard InChI is InChI=1S/C25H42O3/c1-6-8-9-10-11-12-13-14-15-16-23(26)28-21-18-20(3)24(27)22(19-21)25(4,5)17-7-2/h18-19,27H,6-17H2,1-5H3. The number of hydrogen-bond acceptors (Lipinski definition) is 3. The van der Waals surface area contributed by atoms with Crippen LogP contribution in [0.2, 0.25) is 0 Å². The molecule has 0 aromatic heterocycles. The van der Waals surface area contributed by atoms with Gasteiger partial charge >= 0.3 is 5.97 Å². The maximum Gasteiger partial charge on any atom is 0.311 e. The molecule has 3 heteroatoms. The van der Waals surface area contributed by atoms with Crippen LogP contribution in [0.3, 0.4) is 0 Å². The number of benzene rings is 1. The largest absolute Gasteiger partial charge is 0.507 e. The fraction of sp³-hybridized carbons (Fsp3) is 0.720. The molecule has 0 saturated carbocycles. The van der Waals surface area contributed by atoms with Crippen molar-refractivity contribution in [3.8, 4) is 11.5 Å². The highest BCUT2D eigenvalue weighted by Crippen LogP contribution is 2.39. The van der Waals surface area contributed by atoms with E-state index in [1.165, 1.54) is 44.9 Å². The summed E-state index contributed by atoms with van der Waals surface area (Å²) in [4.78, 5) is 12.2. The summed E-state index contributed by atoms with van der Waals surface area (Å²) < 4.78 is 5.59. The van der Waals surface area contributed by atoms with Gasteiger partial charge in [-0.1, -0.05) is 85.5 Å². The molecule has 0 aliphatic heterocycles. The molecule has 0 spiro atoms. The summed E-state index contributed by atoms with van der Waals surface area (Å²) in [6.45, 7) is 10.5. The Morgan fingerprint density at radius 3 is 2.07 bits per heavy atom. The minimum absolute atomic E-state index is 0.150. The first-order valence-corrected chi connectivity index (χ1v) is 11.4. The Morgan fingerprint density at radius 1 is 0.929 bits per heavy atom. The van der Waals surface area contributed by atoms with Crippen LogP contribution in [0.15, 0.2) is 12.1 Å². The van der Waals surface area contributed by atoms with Crippen LogP contribution in [0.4, 0.5) is 0 Å². The first-order valence-electron chi connectivity index (χ1n) is 11.4. The van der Waals surface area contributed by atoms with E-state index in [9.17, 15) is 9.90 Å². The molecule has 0 saturated heterocycles. The maximum atomic E-state index is 12.2. The van der Waals surface area contributed by atoms with E-state index in [0.717, 1.165) is 36.8 Å². The van der Waals surface area contributed by atoms with Crippen molar-refractivity contribution in [3.63, 3.8) is 0 Å². The third-order valence-electron chi connectivity index (χ3n) is 5.59. The van der Waals surface area contributed by atoms with Crippen LogP contribution in [-0.4, -0.2) is 11.1 Å². The van der Waals surface area contributed by atoms with Crippen LogP contribution in [0.5, 0.6) is 11.5 Å². The number of hydrogen-bond donors (Lipinski definition) is 1. The lowest BCUT2D eigenvalue weighted by molar-refractivity contribution is -0.134. The zero-order valence-corrected chi connectivity index (χ0v) is 18.9. The molecule has 0 atom stereocenters. The fourth-order valence-electron chi connectivity index (χ4n) is 3.84. The molecule has 0 unspecified atom stereocenters. The number of unbranched alkanes of at least 4 members (excludes halogenated alkanes) is 8. The summed E-state index contributed by atoms with van der Waals surface area (Å²) in [5, 5.41) is 10.5. The lowest BCUT2D eigenvalue weighted by Crippen LogP contribution is -2.18. The van der Waals surface area contributed by atoms with E-state index in [0.29, 0.717) is 17.9 Å². The van der Waals surface area contributed by atoms with Crippen molar-refractivity contribution in [3.05, 3.63) is 23.3 Å². The Labute approximate surface area is 172 Å². The SMILES string of the molecule is CCCCCCCCCCCC(=O)Oc1cc(C)c(O)c(C(C)(C)CCC)c1. The van der Waals surface area contributed by atoms with Crippen molar-refractivity contribution in [2.75, 3.05) is 0 Å². The highest BCUT2D eigenvalue weighted by atomic mass is 16.5. The highest BCUT2D eigenvalue weighted by Gasteiger charge is 2.25. The normalized spacial score (nSPS) is 11.6. The Hall–Kier alpha value is -1.51. The summed E-state index contributed by atoms with van der Waals surface area (Å²) in [7, 11) is 0. The number of carbonyl (C=O) groups excluding carboxylic acids is 1. The number of aryl methyl sites for hydroxylation is 1. The molecule has 1 N–H and O–H groups in total. The molecular formula is C25H42O3. The van der Waals surface area contributed by atoms with Gasteiger partial charge in [-0.2, -0.15) is 0 Å². The van der Waals surface area contributed by atoms with E-state index in [4.69, 9.17) is 4.74 Å². The van der Waals surface area contributed by atoms with Gasteiger partial charge in [0.25, 0.3) is 0 Å². The topological polar surface area (TPSA) is 46.5 Å². The van der Waals surface area contributed by atoms with E-state index in [1.807, 2.05) is 13.0 Å². The number of phenols is 1. The number of aromatic hydroxyl groups is 1. The predicted octanol–water partition coefficient (Wildman–Crippen LogP) is 7.60. The second-order valence-electron chi connectivity index (χ2n) is 8.82. The van der Waals surface area contributed by atoms with Gasteiger partial charge in [-0.3, -0.25) is 4.79 Å². The average Bonchev–Trinajstić information content (AvgIpc) is 2.63. The Bertz CT molecular complexity index is 590. The first-order chi connectivity index (χ1) is 13.3. The lowest BCUT2D eigenvalue weighted by Gasteiger charge is -2.27. The Kier molecular flexibility index (Phi) is 11.3. The van der Waals surface area contributed by atoms with Gasteiger partial charge in [0.2, 0.25) is 0 Å². The zero-order chi connectivity index (χ0) is 21.0. The third-order valence-corrected chi connectivity index (χ3v) is 5.59. The molecular weight excluding hydrogens is 348 g/mol. The van der Waals surface area contributed by atoms with Gasteiger partial charge in [-0.05, 0) is 42.9 Å². The fourth-order valence-corrected chi connectivity index (χ4v) is 3.84. The summed E-state index contributed by atoms with van der Waals surface area (Å²) in [5.74, 6) is 0.694. The van der Waals surface area contributed by atoms with E-state index in [2.05, 4.69) is 27.7 Å². The predicted molar refractivity (Wildman–Crippen MR) is 118 cm³/mol. The molecule has 0 fully saturated rings. The smallest absolute Gasteiger partial charge is 0.311 e. The summed E-state index contributed by atoms with van der Waals surface area (Å²) >= 11 is 0. The quantitative estimate of drug-likeness (QED) is 0.202. The van der Waals surface area contributed by atoms with Gasteiger partial charge in [-0.15, -0.1) is 0 Å². The van der Waals surface area contributed by atoms with E-state index < -0.39 is 0 Å². The van der Waals surface area contributed by atoms with Crippen LogP contribution in [-0.2, 0) is 10.2 Å². The van der Waals surface area contributed by atoms with Gasteiger partial charge in [-0.25, -0.2) is 0 Å². The van der Waals surface area contributed by atoms with Crippen molar-refractivity contribution < 1.29 is 14.6 Å². The number of phenolic OH excluding ortho intramolecular Hbond substituents is 1. The van der Waals surface area contributed by atoms with Crippen molar-refractivity contribution in [2.24, 2.45) is 0 Å². The van der Waals surface area contributed by atoms with E-state index in [-0.39, 0.29) is 11.4 Å². The molecule has 0 bridgehead atoms. The molecule has 0 radical (unpaired) electrons. The minimum Gasteiger partial charge on any atom is -0.507 e. The second-order valence-corrected chi connectivity index (χ2v) is 8.82. The molecule has 3 nitrogen and oxygen atoms in total. The van der Waals surface area contributed by atoms with Gasteiger partial charge in [0.05, 0.1) is 0 Å². The number of esters is 1. The van der Waals surface area contributed by atoms with Crippen molar-refractivity contribution in [1.29, 1.82) is 0 Å². The monoisotopic (exact) mass is 390 g/mol. The minimum atomic E-state index is -0.174. The van der Waals surface area contributed by atoms with Gasteiger partial charge < -0.3 is 9.84 Å². The second kappa shape index (κ2) is 12.9. The van der Waals surface area contributed by atoms with Crippen LogP contribution in [0.1, 0.15) is 116 Å². The molecule has 1 aromatic rings. The highest BCUT2D eigenvalue weighted by molar-refractivity contribution is 5.72. The van der Waals surface area contributed by atoms with Crippen molar-refractivity contribution >= 4 is 5.97 Å². The molecule has 1 rings (SSSR count). The number of carbonyl (C=O) groups is 1. The first kappa shape index (κ1) is 24.5. The van der Waals surface area contributed by atoms with Crippen LogP contribution in [0, 0.1) is 6.92 Å². The van der Waals surface area contributed by atoms with Crippen LogP contribution >= 0.6 is 0 Å². The summed E-state index contributed by atoms with van der Waals surface area (Å²) in [6, 6.07) is 3.60. The lowest BCUT2D eigenvalue weighted by atomic mass is 9.79. The molecule has 1 aromatic carbocycles. The Balaban J connectivity index is 2.44. The zero-order valence-electron chi connectivity index (χ0n) is 18.9. The number of ether oxygens (including phenoxy) is 1. The molecule has 0 aliphatic carbocycles. The molecule has 0 amide bonds. The molecule has 0 aliphatic rings. The average molecular weight is 391 g/mol.